The molecule has 1 aromatic carbocycles. The summed E-state index contributed by atoms with van der Waals surface area (Å²) in [6.45, 7) is 0.793. The van der Waals surface area contributed by atoms with Crippen molar-refractivity contribution >= 4 is 10.0 Å². The Morgan fingerprint density at radius 3 is 2.58 bits per heavy atom. The predicted octanol–water partition coefficient (Wildman–Crippen LogP) is -0.248. The predicted molar refractivity (Wildman–Crippen MR) is 71.8 cm³/mol. The van der Waals surface area contributed by atoms with E-state index in [9.17, 15) is 13.5 Å². The van der Waals surface area contributed by atoms with Gasteiger partial charge in [0.1, 0.15) is 0 Å². The lowest BCUT2D eigenvalue weighted by Crippen LogP contribution is -2.29. The molecule has 6 heteroatoms. The number of benzene rings is 1. The minimum atomic E-state index is -3.51. The lowest BCUT2D eigenvalue weighted by atomic mass is 10.2. The highest BCUT2D eigenvalue weighted by Crippen LogP contribution is 2.21. The SMILES string of the molecule is NCC#Cc1ccc(S(=O)(=O)N2CCC(O)C2)cc1. The first-order chi connectivity index (χ1) is 9.04. The molecule has 0 aliphatic carbocycles. The lowest BCUT2D eigenvalue weighted by molar-refractivity contribution is 0.189. The Kier molecular flexibility index (Phi) is 4.22. The molecule has 0 amide bonds. The van der Waals surface area contributed by atoms with E-state index >= 15 is 0 Å². The van der Waals surface area contributed by atoms with Gasteiger partial charge in [-0.15, -0.1) is 0 Å². The molecule has 1 aliphatic heterocycles. The smallest absolute Gasteiger partial charge is 0.243 e. The van der Waals surface area contributed by atoms with E-state index in [0.29, 0.717) is 13.0 Å². The maximum atomic E-state index is 12.3. The number of aliphatic hydroxyl groups excluding tert-OH is 1. The van der Waals surface area contributed by atoms with Crippen molar-refractivity contribution in [1.29, 1.82) is 0 Å². The van der Waals surface area contributed by atoms with E-state index in [1.165, 1.54) is 16.4 Å². The molecule has 0 saturated carbocycles. The van der Waals surface area contributed by atoms with Gasteiger partial charge in [0.25, 0.3) is 0 Å². The second-order valence-corrected chi connectivity index (χ2v) is 6.27. The zero-order chi connectivity index (χ0) is 13.9. The van der Waals surface area contributed by atoms with Crippen LogP contribution >= 0.6 is 0 Å². The van der Waals surface area contributed by atoms with E-state index in [0.717, 1.165) is 5.56 Å². The zero-order valence-electron chi connectivity index (χ0n) is 10.4. The van der Waals surface area contributed by atoms with Gasteiger partial charge in [-0.2, -0.15) is 4.31 Å². The first-order valence-electron chi connectivity index (χ1n) is 6.01. The lowest BCUT2D eigenvalue weighted by Gasteiger charge is -2.15. The van der Waals surface area contributed by atoms with E-state index in [2.05, 4.69) is 11.8 Å². The number of β-amino-alcohol motifs (C(OH)–C–C–N with tert-alkyl or cyclic N) is 1. The van der Waals surface area contributed by atoms with Crippen molar-refractivity contribution in [3.05, 3.63) is 29.8 Å². The normalized spacial score (nSPS) is 20.0. The van der Waals surface area contributed by atoms with E-state index in [1.807, 2.05) is 0 Å². The molecule has 1 aliphatic rings. The van der Waals surface area contributed by atoms with Gasteiger partial charge >= 0.3 is 0 Å². The van der Waals surface area contributed by atoms with Crippen LogP contribution < -0.4 is 5.73 Å². The van der Waals surface area contributed by atoms with Crippen molar-refractivity contribution in [2.75, 3.05) is 19.6 Å². The van der Waals surface area contributed by atoms with Crippen molar-refractivity contribution in [3.8, 4) is 11.8 Å². The zero-order valence-corrected chi connectivity index (χ0v) is 11.2. The van der Waals surface area contributed by atoms with Crippen LogP contribution in [-0.4, -0.2) is 43.6 Å². The first-order valence-corrected chi connectivity index (χ1v) is 7.45. The Labute approximate surface area is 113 Å². The van der Waals surface area contributed by atoms with Crippen molar-refractivity contribution in [1.82, 2.24) is 4.31 Å². The molecule has 102 valence electrons. The summed E-state index contributed by atoms with van der Waals surface area (Å²) in [4.78, 5) is 0.222. The quantitative estimate of drug-likeness (QED) is 0.732. The summed E-state index contributed by atoms with van der Waals surface area (Å²) in [5.41, 5.74) is 6.00. The van der Waals surface area contributed by atoms with Gasteiger partial charge in [0.2, 0.25) is 10.0 Å². The fraction of sp³-hybridized carbons (Fsp3) is 0.385. The van der Waals surface area contributed by atoms with Crippen molar-refractivity contribution in [3.63, 3.8) is 0 Å². The Bertz CT molecular complexity index is 599. The van der Waals surface area contributed by atoms with Crippen molar-refractivity contribution < 1.29 is 13.5 Å². The molecule has 1 fully saturated rings. The molecule has 19 heavy (non-hydrogen) atoms. The summed E-state index contributed by atoms with van der Waals surface area (Å²) in [5, 5.41) is 9.41. The van der Waals surface area contributed by atoms with Gasteiger partial charge in [-0.1, -0.05) is 11.8 Å². The van der Waals surface area contributed by atoms with Gasteiger partial charge in [0.05, 0.1) is 17.5 Å². The highest BCUT2D eigenvalue weighted by molar-refractivity contribution is 7.89. The Morgan fingerprint density at radius 2 is 2.05 bits per heavy atom. The van der Waals surface area contributed by atoms with Crippen LogP contribution in [0.1, 0.15) is 12.0 Å². The van der Waals surface area contributed by atoms with E-state index in [4.69, 9.17) is 5.73 Å². The summed E-state index contributed by atoms with van der Waals surface area (Å²) in [6, 6.07) is 6.37. The fourth-order valence-corrected chi connectivity index (χ4v) is 3.43. The molecule has 1 saturated heterocycles. The Hall–Kier alpha value is -1.39. The summed E-state index contributed by atoms with van der Waals surface area (Å²) in [5.74, 6) is 5.54. The molecular formula is C13H16N2O3S. The molecule has 0 bridgehead atoms. The number of nitrogens with two attached hydrogens (primary N) is 1. The number of nitrogens with zero attached hydrogens (tertiary/aromatic N) is 1. The van der Waals surface area contributed by atoms with Crippen molar-refractivity contribution in [2.45, 2.75) is 17.4 Å². The summed E-state index contributed by atoms with van der Waals surface area (Å²) in [7, 11) is -3.51. The first kappa shape index (κ1) is 14.0. The molecule has 1 aromatic rings. The molecule has 0 radical (unpaired) electrons. The van der Waals surface area contributed by atoms with Crippen LogP contribution in [0.25, 0.3) is 0 Å². The van der Waals surface area contributed by atoms with Gasteiger partial charge in [-0.25, -0.2) is 8.42 Å². The maximum Gasteiger partial charge on any atom is 0.243 e. The standard InChI is InChI=1S/C13H16N2O3S/c14-8-1-2-11-3-5-13(6-4-11)19(17,18)15-9-7-12(16)10-15/h3-6,12,16H,7-10,14H2. The van der Waals surface area contributed by atoms with Gasteiger partial charge in [-0.05, 0) is 30.7 Å². The van der Waals surface area contributed by atoms with E-state index < -0.39 is 16.1 Å². The largest absolute Gasteiger partial charge is 0.392 e. The molecule has 2 rings (SSSR count). The average molecular weight is 280 g/mol. The molecule has 0 aromatic heterocycles. The topological polar surface area (TPSA) is 83.6 Å². The maximum absolute atomic E-state index is 12.3. The minimum Gasteiger partial charge on any atom is -0.392 e. The van der Waals surface area contributed by atoms with Gasteiger partial charge in [0, 0.05) is 18.7 Å². The average Bonchev–Trinajstić information content (AvgIpc) is 2.84. The molecule has 1 heterocycles. The third-order valence-corrected chi connectivity index (χ3v) is 4.83. The third-order valence-electron chi connectivity index (χ3n) is 2.95. The molecule has 5 nitrogen and oxygen atoms in total. The Morgan fingerprint density at radius 1 is 1.37 bits per heavy atom. The summed E-state index contributed by atoms with van der Waals surface area (Å²) >= 11 is 0. The summed E-state index contributed by atoms with van der Waals surface area (Å²) in [6.07, 6.45) is -0.0799. The van der Waals surface area contributed by atoms with Crippen molar-refractivity contribution in [2.24, 2.45) is 5.73 Å². The van der Waals surface area contributed by atoms with Crippen LogP contribution in [0.15, 0.2) is 29.2 Å². The van der Waals surface area contributed by atoms with Crippen LogP contribution in [0.3, 0.4) is 0 Å². The monoisotopic (exact) mass is 280 g/mol. The number of hydrogen-bond acceptors (Lipinski definition) is 4. The Balaban J connectivity index is 2.22. The highest BCUT2D eigenvalue weighted by Gasteiger charge is 2.31. The number of aliphatic hydroxyl groups is 1. The van der Waals surface area contributed by atoms with Gasteiger partial charge in [-0.3, -0.25) is 0 Å². The second-order valence-electron chi connectivity index (χ2n) is 4.34. The number of rotatable bonds is 2. The summed E-state index contributed by atoms with van der Waals surface area (Å²) < 4.78 is 25.8. The molecule has 0 spiro atoms. The van der Waals surface area contributed by atoms with Gasteiger partial charge in [0.15, 0.2) is 0 Å². The minimum absolute atomic E-state index is 0.164. The molecule has 1 unspecified atom stereocenters. The van der Waals surface area contributed by atoms with Crippen LogP contribution in [0.5, 0.6) is 0 Å². The van der Waals surface area contributed by atoms with E-state index in [-0.39, 0.29) is 18.0 Å². The number of hydrogen-bond donors (Lipinski definition) is 2. The highest BCUT2D eigenvalue weighted by atomic mass is 32.2. The molecular weight excluding hydrogens is 264 g/mol. The van der Waals surface area contributed by atoms with Crippen LogP contribution in [0.2, 0.25) is 0 Å². The van der Waals surface area contributed by atoms with Crippen LogP contribution in [-0.2, 0) is 10.0 Å². The fourth-order valence-electron chi connectivity index (χ4n) is 1.94. The molecule has 3 N–H and O–H groups in total. The van der Waals surface area contributed by atoms with Gasteiger partial charge < -0.3 is 10.8 Å². The molecule has 1 atom stereocenters. The number of sulfonamides is 1. The second kappa shape index (κ2) is 5.72. The third kappa shape index (κ3) is 3.14. The van der Waals surface area contributed by atoms with E-state index in [1.54, 1.807) is 12.1 Å². The van der Waals surface area contributed by atoms with Crippen LogP contribution in [0.4, 0.5) is 0 Å². The van der Waals surface area contributed by atoms with Crippen LogP contribution in [0, 0.1) is 11.8 Å².